The monoisotopic (exact) mass is 313 g/mol. The molecule has 0 aliphatic rings. The number of rotatable bonds is 4. The average Bonchev–Trinajstić information content (AvgIpc) is 2.96. The molecule has 1 amide bonds. The normalized spacial score (nSPS) is 10.6. The minimum absolute atomic E-state index is 0.0827. The Balaban J connectivity index is 1.69. The van der Waals surface area contributed by atoms with Gasteiger partial charge in [-0.3, -0.25) is 14.6 Å². The number of carbonyl (C=O) groups is 2. The molecule has 110 valence electrons. The third-order valence-electron chi connectivity index (χ3n) is 3.22. The zero-order valence-electron chi connectivity index (χ0n) is 11.5. The van der Waals surface area contributed by atoms with E-state index in [2.05, 4.69) is 15.3 Å². The standard InChI is InChI=1S/C16H12ClN3O2/c17-12-3-4-13-11(6-12)7-14(20-13)16(22)19-9-15(21)10-2-1-5-18-8-10/h1-8,20H,9H2,(H,19,22). The maximum atomic E-state index is 12.1. The highest BCUT2D eigenvalue weighted by molar-refractivity contribution is 6.31. The molecule has 0 saturated carbocycles. The number of nitrogens with one attached hydrogen (secondary N) is 2. The zero-order chi connectivity index (χ0) is 15.5. The molecule has 0 saturated heterocycles. The van der Waals surface area contributed by atoms with Crippen LogP contribution in [0.5, 0.6) is 0 Å². The first-order chi connectivity index (χ1) is 10.6. The van der Waals surface area contributed by atoms with Crippen LogP contribution < -0.4 is 5.32 Å². The number of pyridine rings is 1. The van der Waals surface area contributed by atoms with E-state index in [0.29, 0.717) is 16.3 Å². The van der Waals surface area contributed by atoms with Crippen LogP contribution >= 0.6 is 11.6 Å². The number of halogens is 1. The quantitative estimate of drug-likeness (QED) is 0.727. The summed E-state index contributed by atoms with van der Waals surface area (Å²) in [7, 11) is 0. The van der Waals surface area contributed by atoms with E-state index in [-0.39, 0.29) is 18.2 Å². The molecule has 0 aliphatic heterocycles. The number of hydrogen-bond acceptors (Lipinski definition) is 3. The van der Waals surface area contributed by atoms with Crippen LogP contribution in [0.25, 0.3) is 10.9 Å². The highest BCUT2D eigenvalue weighted by atomic mass is 35.5. The molecule has 6 heteroatoms. The molecule has 22 heavy (non-hydrogen) atoms. The second kappa shape index (κ2) is 5.99. The summed E-state index contributed by atoms with van der Waals surface area (Å²) < 4.78 is 0. The van der Waals surface area contributed by atoms with Crippen LogP contribution in [0.3, 0.4) is 0 Å². The van der Waals surface area contributed by atoms with Gasteiger partial charge in [0.05, 0.1) is 6.54 Å². The molecule has 0 fully saturated rings. The Morgan fingerprint density at radius 1 is 1.23 bits per heavy atom. The molecule has 0 radical (unpaired) electrons. The van der Waals surface area contributed by atoms with Crippen LogP contribution in [0.1, 0.15) is 20.8 Å². The molecule has 2 aromatic heterocycles. The summed E-state index contributed by atoms with van der Waals surface area (Å²) in [6, 6.07) is 10.3. The van der Waals surface area contributed by atoms with Gasteiger partial charge in [-0.2, -0.15) is 0 Å². The topological polar surface area (TPSA) is 74.8 Å². The van der Waals surface area contributed by atoms with E-state index >= 15 is 0 Å². The van der Waals surface area contributed by atoms with Crippen molar-refractivity contribution in [1.82, 2.24) is 15.3 Å². The van der Waals surface area contributed by atoms with Crippen molar-refractivity contribution >= 4 is 34.2 Å². The molecule has 5 nitrogen and oxygen atoms in total. The van der Waals surface area contributed by atoms with Gasteiger partial charge in [0.15, 0.2) is 5.78 Å². The van der Waals surface area contributed by atoms with Gasteiger partial charge in [0.1, 0.15) is 5.69 Å². The third-order valence-corrected chi connectivity index (χ3v) is 3.46. The van der Waals surface area contributed by atoms with Crippen LogP contribution in [-0.4, -0.2) is 28.2 Å². The predicted octanol–water partition coefficient (Wildman–Crippen LogP) is 2.83. The summed E-state index contributed by atoms with van der Waals surface area (Å²) in [6.07, 6.45) is 3.06. The Morgan fingerprint density at radius 2 is 2.09 bits per heavy atom. The number of Topliss-reactive ketones (excluding diaryl/α,β-unsaturated/α-hetero) is 1. The second-order valence-electron chi connectivity index (χ2n) is 4.76. The van der Waals surface area contributed by atoms with E-state index in [1.807, 2.05) is 0 Å². The third kappa shape index (κ3) is 2.99. The maximum Gasteiger partial charge on any atom is 0.268 e. The van der Waals surface area contributed by atoms with Crippen LogP contribution in [0, 0.1) is 0 Å². The number of fused-ring (bicyclic) bond motifs is 1. The fourth-order valence-electron chi connectivity index (χ4n) is 2.11. The number of H-pyrrole nitrogens is 1. The summed E-state index contributed by atoms with van der Waals surface area (Å²) in [5, 5.41) is 4.04. The Kier molecular flexibility index (Phi) is 3.89. The Bertz CT molecular complexity index is 843. The van der Waals surface area contributed by atoms with Gasteiger partial charge in [-0.25, -0.2) is 0 Å². The molecule has 3 aromatic rings. The van der Waals surface area contributed by atoms with E-state index in [0.717, 1.165) is 10.9 Å². The number of amides is 1. The fraction of sp³-hybridized carbons (Fsp3) is 0.0625. The molecule has 2 N–H and O–H groups in total. The predicted molar refractivity (Wildman–Crippen MR) is 84.2 cm³/mol. The summed E-state index contributed by atoms with van der Waals surface area (Å²) in [4.78, 5) is 30.9. The van der Waals surface area contributed by atoms with E-state index < -0.39 is 0 Å². The van der Waals surface area contributed by atoms with Gasteiger partial charge in [0, 0.05) is 33.9 Å². The van der Waals surface area contributed by atoms with Crippen molar-refractivity contribution in [1.29, 1.82) is 0 Å². The minimum atomic E-state index is -0.343. The van der Waals surface area contributed by atoms with Crippen LogP contribution in [0.15, 0.2) is 48.8 Å². The van der Waals surface area contributed by atoms with E-state index in [1.165, 1.54) is 6.20 Å². The number of aromatic nitrogens is 2. The number of benzene rings is 1. The van der Waals surface area contributed by atoms with E-state index in [4.69, 9.17) is 11.6 Å². The summed E-state index contributed by atoms with van der Waals surface area (Å²) in [5.41, 5.74) is 1.66. The summed E-state index contributed by atoms with van der Waals surface area (Å²) >= 11 is 5.91. The zero-order valence-corrected chi connectivity index (χ0v) is 12.2. The highest BCUT2D eigenvalue weighted by Gasteiger charge is 2.12. The van der Waals surface area contributed by atoms with Crippen LogP contribution in [-0.2, 0) is 0 Å². The average molecular weight is 314 g/mol. The lowest BCUT2D eigenvalue weighted by atomic mass is 10.2. The Hall–Kier alpha value is -2.66. The molecule has 0 atom stereocenters. The first-order valence-electron chi connectivity index (χ1n) is 6.63. The molecule has 0 bridgehead atoms. The van der Waals surface area contributed by atoms with Crippen molar-refractivity contribution in [2.75, 3.05) is 6.54 Å². The SMILES string of the molecule is O=C(CNC(=O)c1cc2cc(Cl)ccc2[nH]1)c1cccnc1. The number of aromatic amines is 1. The molecule has 2 heterocycles. The molecule has 0 spiro atoms. The second-order valence-corrected chi connectivity index (χ2v) is 5.20. The van der Waals surface area contributed by atoms with Crippen LogP contribution in [0.4, 0.5) is 0 Å². The van der Waals surface area contributed by atoms with Crippen molar-refractivity contribution in [3.63, 3.8) is 0 Å². The van der Waals surface area contributed by atoms with Crippen LogP contribution in [0.2, 0.25) is 5.02 Å². The Morgan fingerprint density at radius 3 is 2.86 bits per heavy atom. The van der Waals surface area contributed by atoms with Crippen molar-refractivity contribution in [3.05, 3.63) is 65.1 Å². The fourth-order valence-corrected chi connectivity index (χ4v) is 2.29. The lowest BCUT2D eigenvalue weighted by Gasteiger charge is -2.02. The first kappa shape index (κ1) is 14.3. The number of hydrogen-bond donors (Lipinski definition) is 2. The van der Waals surface area contributed by atoms with Crippen molar-refractivity contribution in [3.8, 4) is 0 Å². The van der Waals surface area contributed by atoms with E-state index in [9.17, 15) is 9.59 Å². The highest BCUT2D eigenvalue weighted by Crippen LogP contribution is 2.19. The largest absolute Gasteiger partial charge is 0.351 e. The molecule has 0 unspecified atom stereocenters. The van der Waals surface area contributed by atoms with Gasteiger partial charge in [-0.15, -0.1) is 0 Å². The van der Waals surface area contributed by atoms with Crippen molar-refractivity contribution in [2.24, 2.45) is 0 Å². The van der Waals surface area contributed by atoms with Gasteiger partial charge < -0.3 is 10.3 Å². The number of carbonyl (C=O) groups excluding carboxylic acids is 2. The lowest BCUT2D eigenvalue weighted by Crippen LogP contribution is -2.29. The lowest BCUT2D eigenvalue weighted by molar-refractivity contribution is 0.0901. The van der Waals surface area contributed by atoms with Crippen molar-refractivity contribution < 1.29 is 9.59 Å². The molecular formula is C16H12ClN3O2. The van der Waals surface area contributed by atoms with Gasteiger partial charge >= 0.3 is 0 Å². The summed E-state index contributed by atoms with van der Waals surface area (Å²) in [5.74, 6) is -0.537. The summed E-state index contributed by atoms with van der Waals surface area (Å²) in [6.45, 7) is -0.0827. The first-order valence-corrected chi connectivity index (χ1v) is 7.01. The number of ketones is 1. The van der Waals surface area contributed by atoms with E-state index in [1.54, 1.807) is 42.6 Å². The molecular weight excluding hydrogens is 302 g/mol. The molecule has 3 rings (SSSR count). The van der Waals surface area contributed by atoms with Crippen molar-refractivity contribution in [2.45, 2.75) is 0 Å². The Labute approximate surface area is 131 Å². The molecule has 1 aromatic carbocycles. The minimum Gasteiger partial charge on any atom is -0.351 e. The smallest absolute Gasteiger partial charge is 0.268 e. The van der Waals surface area contributed by atoms with Gasteiger partial charge in [-0.05, 0) is 36.4 Å². The maximum absolute atomic E-state index is 12.1. The molecule has 0 aliphatic carbocycles. The number of nitrogens with zero attached hydrogens (tertiary/aromatic N) is 1. The van der Waals surface area contributed by atoms with Gasteiger partial charge in [0.2, 0.25) is 0 Å². The van der Waals surface area contributed by atoms with Gasteiger partial charge in [-0.1, -0.05) is 11.6 Å². The van der Waals surface area contributed by atoms with Gasteiger partial charge in [0.25, 0.3) is 5.91 Å².